The van der Waals surface area contributed by atoms with Crippen molar-refractivity contribution in [3.63, 3.8) is 0 Å². The third-order valence-electron chi connectivity index (χ3n) is 3.44. The van der Waals surface area contributed by atoms with E-state index < -0.39 is 0 Å². The van der Waals surface area contributed by atoms with Crippen LogP contribution in [-0.4, -0.2) is 18.0 Å². The summed E-state index contributed by atoms with van der Waals surface area (Å²) in [7, 11) is 0. The minimum absolute atomic E-state index is 0.161. The quantitative estimate of drug-likeness (QED) is 0.377. The Morgan fingerprint density at radius 3 is 2.30 bits per heavy atom. The maximum absolute atomic E-state index is 10.5. The van der Waals surface area contributed by atoms with Crippen molar-refractivity contribution in [1.29, 1.82) is 0 Å². The fraction of sp³-hybridized carbons (Fsp3) is 0.625. The predicted molar refractivity (Wildman–Crippen MR) is 83.0 cm³/mol. The molecule has 0 bridgehead atoms. The highest BCUT2D eigenvalue weighted by molar-refractivity contribution is 5.32. The first-order valence-corrected chi connectivity index (χ1v) is 7.68. The average molecular weight is 278 g/mol. The Bertz CT molecular complexity index is 377. The summed E-state index contributed by atoms with van der Waals surface area (Å²) in [6, 6.07) is 6.82. The Kier molecular flexibility index (Phi) is 8.63. The van der Waals surface area contributed by atoms with Gasteiger partial charge >= 0.3 is 0 Å². The summed E-state index contributed by atoms with van der Waals surface area (Å²) in [4.78, 5) is 10.2. The fourth-order valence-corrected chi connectivity index (χ4v) is 2.17. The number of benzene rings is 1. The van der Waals surface area contributed by atoms with E-state index in [1.807, 2.05) is 12.1 Å². The van der Waals surface area contributed by atoms with Gasteiger partial charge in [-0.2, -0.15) is 0 Å². The van der Waals surface area contributed by atoms with E-state index in [0.717, 1.165) is 25.1 Å². The minimum Gasteiger partial charge on any atom is -0.316 e. The van der Waals surface area contributed by atoms with Gasteiger partial charge in [-0.25, -0.2) is 0 Å². The first-order chi connectivity index (χ1) is 9.74. The Morgan fingerprint density at radius 1 is 1.00 bits per heavy atom. The molecule has 0 unspecified atom stereocenters. The largest absolute Gasteiger partial charge is 0.316 e. The normalized spacial score (nSPS) is 10.7. The van der Waals surface area contributed by atoms with Crippen molar-refractivity contribution in [3.8, 4) is 0 Å². The summed E-state index contributed by atoms with van der Waals surface area (Å²) < 4.78 is 0. The summed E-state index contributed by atoms with van der Waals surface area (Å²) in [5, 5.41) is 14.0. The fourth-order valence-electron chi connectivity index (χ4n) is 2.17. The van der Waals surface area contributed by atoms with Gasteiger partial charge < -0.3 is 5.32 Å². The van der Waals surface area contributed by atoms with Crippen molar-refractivity contribution in [2.24, 2.45) is 0 Å². The summed E-state index contributed by atoms with van der Waals surface area (Å²) in [6.45, 7) is 4.24. The van der Waals surface area contributed by atoms with E-state index in [1.54, 1.807) is 12.1 Å². The molecule has 1 aromatic rings. The first kappa shape index (κ1) is 16.6. The molecule has 20 heavy (non-hydrogen) atoms. The van der Waals surface area contributed by atoms with Crippen LogP contribution in [0.1, 0.15) is 51.0 Å². The van der Waals surface area contributed by atoms with Crippen molar-refractivity contribution >= 4 is 5.69 Å². The molecule has 1 rings (SSSR count). The number of nitrogens with zero attached hydrogens (tertiary/aromatic N) is 1. The van der Waals surface area contributed by atoms with Gasteiger partial charge in [0.05, 0.1) is 4.92 Å². The first-order valence-electron chi connectivity index (χ1n) is 7.68. The van der Waals surface area contributed by atoms with Gasteiger partial charge in [-0.05, 0) is 31.5 Å². The van der Waals surface area contributed by atoms with Crippen LogP contribution in [-0.2, 0) is 6.42 Å². The molecular weight excluding hydrogens is 252 g/mol. The van der Waals surface area contributed by atoms with Gasteiger partial charge in [-0.1, -0.05) is 51.2 Å². The third kappa shape index (κ3) is 7.24. The molecule has 112 valence electrons. The maximum atomic E-state index is 10.5. The highest BCUT2D eigenvalue weighted by Gasteiger charge is 2.03. The molecule has 0 atom stereocenters. The molecule has 0 aliphatic heterocycles. The monoisotopic (exact) mass is 278 g/mol. The predicted octanol–water partition coefficient (Wildman–Crippen LogP) is 4.09. The van der Waals surface area contributed by atoms with Crippen LogP contribution >= 0.6 is 0 Å². The highest BCUT2D eigenvalue weighted by Crippen LogP contribution is 2.11. The summed E-state index contributed by atoms with van der Waals surface area (Å²) >= 11 is 0. The molecule has 0 amide bonds. The lowest BCUT2D eigenvalue weighted by Crippen LogP contribution is -2.18. The van der Waals surface area contributed by atoms with Crippen LogP contribution in [0.4, 0.5) is 5.69 Å². The molecular formula is C16H26N2O2. The van der Waals surface area contributed by atoms with Gasteiger partial charge in [0.15, 0.2) is 0 Å². The SMILES string of the molecule is CCCCCCCCNCCc1ccc([N+](=O)[O-])cc1. The average Bonchev–Trinajstić information content (AvgIpc) is 2.46. The van der Waals surface area contributed by atoms with E-state index in [9.17, 15) is 10.1 Å². The Balaban J connectivity index is 2.02. The van der Waals surface area contributed by atoms with E-state index in [0.29, 0.717) is 0 Å². The maximum Gasteiger partial charge on any atom is 0.269 e. The number of hydrogen-bond acceptors (Lipinski definition) is 3. The van der Waals surface area contributed by atoms with Crippen molar-refractivity contribution in [2.75, 3.05) is 13.1 Å². The molecule has 4 heteroatoms. The molecule has 0 saturated carbocycles. The zero-order valence-corrected chi connectivity index (χ0v) is 12.4. The van der Waals surface area contributed by atoms with Gasteiger partial charge in [0, 0.05) is 12.1 Å². The number of rotatable bonds is 11. The minimum atomic E-state index is -0.361. The Hall–Kier alpha value is -1.42. The van der Waals surface area contributed by atoms with Crippen LogP contribution in [0.25, 0.3) is 0 Å². The molecule has 0 aliphatic carbocycles. The lowest BCUT2D eigenvalue weighted by Gasteiger charge is -2.05. The van der Waals surface area contributed by atoms with Crippen LogP contribution in [0.5, 0.6) is 0 Å². The van der Waals surface area contributed by atoms with Gasteiger partial charge in [-0.3, -0.25) is 10.1 Å². The Morgan fingerprint density at radius 2 is 1.65 bits per heavy atom. The second kappa shape index (κ2) is 10.4. The van der Waals surface area contributed by atoms with Gasteiger partial charge in [0.2, 0.25) is 0 Å². The number of nitro benzene ring substituents is 1. The van der Waals surface area contributed by atoms with E-state index >= 15 is 0 Å². The summed E-state index contributed by atoms with van der Waals surface area (Å²) in [5.41, 5.74) is 1.31. The van der Waals surface area contributed by atoms with E-state index in [4.69, 9.17) is 0 Å². The van der Waals surface area contributed by atoms with Crippen molar-refractivity contribution < 1.29 is 4.92 Å². The van der Waals surface area contributed by atoms with Crippen LogP contribution in [0, 0.1) is 10.1 Å². The summed E-state index contributed by atoms with van der Waals surface area (Å²) in [5.74, 6) is 0. The van der Waals surface area contributed by atoms with Crippen molar-refractivity contribution in [2.45, 2.75) is 51.9 Å². The number of hydrogen-bond donors (Lipinski definition) is 1. The zero-order chi connectivity index (χ0) is 14.6. The highest BCUT2D eigenvalue weighted by atomic mass is 16.6. The van der Waals surface area contributed by atoms with Crippen LogP contribution in [0.2, 0.25) is 0 Å². The lowest BCUT2D eigenvalue weighted by molar-refractivity contribution is -0.384. The third-order valence-corrected chi connectivity index (χ3v) is 3.44. The number of non-ortho nitro benzene ring substituents is 1. The second-order valence-electron chi connectivity index (χ2n) is 5.19. The van der Waals surface area contributed by atoms with E-state index in [1.165, 1.54) is 38.5 Å². The standard InChI is InChI=1S/C16H26N2O2/c1-2-3-4-5-6-7-13-17-14-12-15-8-10-16(11-9-15)18(19)20/h8-11,17H,2-7,12-14H2,1H3. The van der Waals surface area contributed by atoms with Gasteiger partial charge in [-0.15, -0.1) is 0 Å². The van der Waals surface area contributed by atoms with Crippen molar-refractivity contribution in [1.82, 2.24) is 5.32 Å². The lowest BCUT2D eigenvalue weighted by atomic mass is 10.1. The second-order valence-corrected chi connectivity index (χ2v) is 5.19. The van der Waals surface area contributed by atoms with Crippen LogP contribution in [0.3, 0.4) is 0 Å². The topological polar surface area (TPSA) is 55.2 Å². The van der Waals surface area contributed by atoms with Crippen molar-refractivity contribution in [3.05, 3.63) is 39.9 Å². The molecule has 4 nitrogen and oxygen atoms in total. The molecule has 1 N–H and O–H groups in total. The molecule has 0 heterocycles. The van der Waals surface area contributed by atoms with Crippen LogP contribution in [0.15, 0.2) is 24.3 Å². The number of nitrogens with one attached hydrogen (secondary N) is 1. The molecule has 0 saturated heterocycles. The molecule has 0 radical (unpaired) electrons. The molecule has 0 aliphatic rings. The van der Waals surface area contributed by atoms with Gasteiger partial charge in [0.25, 0.3) is 5.69 Å². The Labute approximate surface area is 121 Å². The number of nitro groups is 1. The van der Waals surface area contributed by atoms with E-state index in [2.05, 4.69) is 12.2 Å². The van der Waals surface area contributed by atoms with Crippen LogP contribution < -0.4 is 5.32 Å². The van der Waals surface area contributed by atoms with Gasteiger partial charge in [0.1, 0.15) is 0 Å². The van der Waals surface area contributed by atoms with E-state index in [-0.39, 0.29) is 10.6 Å². The molecule has 0 spiro atoms. The molecule has 1 aromatic carbocycles. The number of unbranched alkanes of at least 4 members (excludes halogenated alkanes) is 5. The zero-order valence-electron chi connectivity index (χ0n) is 12.4. The molecule has 0 aromatic heterocycles. The molecule has 0 fully saturated rings. The summed E-state index contributed by atoms with van der Waals surface area (Å²) in [6.07, 6.45) is 8.83. The smallest absolute Gasteiger partial charge is 0.269 e.